The summed E-state index contributed by atoms with van der Waals surface area (Å²) in [6.45, 7) is 5.42. The van der Waals surface area contributed by atoms with E-state index < -0.39 is 54.0 Å². The Morgan fingerprint density at radius 2 is 1.55 bits per heavy atom. The zero-order valence-corrected chi connectivity index (χ0v) is 20.8. The number of carboxylic acids is 1. The summed E-state index contributed by atoms with van der Waals surface area (Å²) >= 11 is 1.45. The maximum absolute atomic E-state index is 12.9. The number of thioether (sulfide) groups is 1. The first-order valence-corrected chi connectivity index (χ1v) is 12.7. The number of rotatable bonds is 17. The molecule has 6 atom stereocenters. The SMILES string of the molecule is CCC(C)C(N)C(=O)NC(C(=O)NC(CCCCN)C(=O)NC(CCSC)C(=O)O)C(C)O. The Bertz CT molecular complexity index is 636. The van der Waals surface area contributed by atoms with Gasteiger partial charge in [0.2, 0.25) is 17.7 Å². The number of aliphatic hydroxyl groups is 1. The summed E-state index contributed by atoms with van der Waals surface area (Å²) in [6.07, 6.45) is 2.80. The highest BCUT2D eigenvalue weighted by molar-refractivity contribution is 7.98. The summed E-state index contributed by atoms with van der Waals surface area (Å²) in [4.78, 5) is 49.6. The van der Waals surface area contributed by atoms with Crippen molar-refractivity contribution < 1.29 is 29.4 Å². The molecule has 0 fully saturated rings. The van der Waals surface area contributed by atoms with Crippen molar-refractivity contribution in [1.82, 2.24) is 16.0 Å². The number of unbranched alkanes of at least 4 members (excludes halogenated alkanes) is 1. The first kappa shape index (κ1) is 31.1. The van der Waals surface area contributed by atoms with Crippen LogP contribution in [0.1, 0.15) is 52.9 Å². The number of aliphatic carboxylic acids is 1. The zero-order valence-electron chi connectivity index (χ0n) is 20.0. The highest BCUT2D eigenvalue weighted by Gasteiger charge is 2.32. The molecule has 0 aliphatic carbocycles. The van der Waals surface area contributed by atoms with E-state index in [1.54, 1.807) is 6.92 Å². The van der Waals surface area contributed by atoms with Crippen molar-refractivity contribution in [2.24, 2.45) is 17.4 Å². The fourth-order valence-corrected chi connectivity index (χ4v) is 3.43. The van der Waals surface area contributed by atoms with Crippen molar-refractivity contribution in [2.75, 3.05) is 18.6 Å². The lowest BCUT2D eigenvalue weighted by molar-refractivity contribution is -0.142. The van der Waals surface area contributed by atoms with E-state index >= 15 is 0 Å². The van der Waals surface area contributed by atoms with Gasteiger partial charge in [0.25, 0.3) is 0 Å². The number of amides is 3. The molecular weight excluding hydrogens is 450 g/mol. The Balaban J connectivity index is 5.43. The molecule has 12 heteroatoms. The standard InChI is InChI=1S/C21H41N5O6S/c1-5-12(2)16(23)19(29)26-17(13(3)27)20(30)24-14(8-6-7-10-22)18(28)25-15(21(31)32)9-11-33-4/h12-17,27H,5-11,22-23H2,1-4H3,(H,24,30)(H,25,28)(H,26,29)(H,31,32). The van der Waals surface area contributed by atoms with Crippen LogP contribution in [0.2, 0.25) is 0 Å². The van der Waals surface area contributed by atoms with Crippen LogP contribution >= 0.6 is 11.8 Å². The van der Waals surface area contributed by atoms with Gasteiger partial charge in [0, 0.05) is 0 Å². The smallest absolute Gasteiger partial charge is 0.326 e. The molecule has 0 spiro atoms. The lowest BCUT2D eigenvalue weighted by Crippen LogP contribution is -2.60. The van der Waals surface area contributed by atoms with Crippen LogP contribution < -0.4 is 27.4 Å². The summed E-state index contributed by atoms with van der Waals surface area (Å²) in [5.41, 5.74) is 11.4. The van der Waals surface area contributed by atoms with E-state index in [4.69, 9.17) is 11.5 Å². The number of nitrogens with one attached hydrogen (secondary N) is 3. The number of nitrogens with two attached hydrogens (primary N) is 2. The molecule has 0 radical (unpaired) electrons. The zero-order chi connectivity index (χ0) is 25.6. The first-order chi connectivity index (χ1) is 15.5. The molecule has 0 heterocycles. The molecule has 0 aromatic rings. The minimum atomic E-state index is -1.33. The lowest BCUT2D eigenvalue weighted by atomic mass is 9.98. The average molecular weight is 492 g/mol. The summed E-state index contributed by atoms with van der Waals surface area (Å²) in [5.74, 6) is -2.77. The van der Waals surface area contributed by atoms with Gasteiger partial charge in [0.05, 0.1) is 12.1 Å². The van der Waals surface area contributed by atoms with E-state index in [9.17, 15) is 29.4 Å². The van der Waals surface area contributed by atoms with Crippen LogP contribution in [0, 0.1) is 5.92 Å². The van der Waals surface area contributed by atoms with E-state index in [2.05, 4.69) is 16.0 Å². The number of carbonyl (C=O) groups is 4. The fraction of sp³-hybridized carbons (Fsp3) is 0.810. The molecule has 0 bridgehead atoms. The number of hydrogen-bond donors (Lipinski definition) is 7. The topological polar surface area (TPSA) is 197 Å². The molecule has 9 N–H and O–H groups in total. The molecule has 33 heavy (non-hydrogen) atoms. The first-order valence-electron chi connectivity index (χ1n) is 11.3. The lowest BCUT2D eigenvalue weighted by Gasteiger charge is -2.27. The highest BCUT2D eigenvalue weighted by atomic mass is 32.2. The van der Waals surface area contributed by atoms with E-state index in [0.717, 1.165) is 0 Å². The second kappa shape index (κ2) is 16.7. The summed E-state index contributed by atoms with van der Waals surface area (Å²) in [6, 6.07) is -4.34. The van der Waals surface area contributed by atoms with Crippen molar-refractivity contribution in [3.8, 4) is 0 Å². The third kappa shape index (κ3) is 11.7. The van der Waals surface area contributed by atoms with Gasteiger partial charge in [-0.05, 0) is 57.1 Å². The molecule has 0 aromatic heterocycles. The number of hydrogen-bond acceptors (Lipinski definition) is 8. The van der Waals surface area contributed by atoms with E-state index in [0.29, 0.717) is 31.6 Å². The van der Waals surface area contributed by atoms with Crippen molar-refractivity contribution in [2.45, 2.75) is 83.1 Å². The minimum Gasteiger partial charge on any atom is -0.480 e. The summed E-state index contributed by atoms with van der Waals surface area (Å²) < 4.78 is 0. The van der Waals surface area contributed by atoms with Crippen LogP contribution in [0.3, 0.4) is 0 Å². The van der Waals surface area contributed by atoms with E-state index in [1.807, 2.05) is 13.2 Å². The molecule has 0 aliphatic rings. The minimum absolute atomic E-state index is 0.133. The number of aliphatic hydroxyl groups excluding tert-OH is 1. The Labute approximate surface area is 200 Å². The molecule has 192 valence electrons. The van der Waals surface area contributed by atoms with Gasteiger partial charge in [-0.2, -0.15) is 11.8 Å². The van der Waals surface area contributed by atoms with Gasteiger partial charge >= 0.3 is 5.97 Å². The van der Waals surface area contributed by atoms with E-state index in [1.165, 1.54) is 18.7 Å². The molecule has 0 saturated carbocycles. The van der Waals surface area contributed by atoms with Crippen molar-refractivity contribution in [3.05, 3.63) is 0 Å². The molecule has 0 rings (SSSR count). The predicted molar refractivity (Wildman–Crippen MR) is 128 cm³/mol. The third-order valence-corrected chi connectivity index (χ3v) is 6.07. The second-order valence-corrected chi connectivity index (χ2v) is 9.15. The Morgan fingerprint density at radius 3 is 2.03 bits per heavy atom. The molecule has 3 amide bonds. The van der Waals surface area contributed by atoms with Crippen molar-refractivity contribution in [1.29, 1.82) is 0 Å². The third-order valence-electron chi connectivity index (χ3n) is 5.43. The molecule has 0 aliphatic heterocycles. The predicted octanol–water partition coefficient (Wildman–Crippen LogP) is -0.838. The second-order valence-electron chi connectivity index (χ2n) is 8.16. The van der Waals surface area contributed by atoms with Crippen LogP contribution in [-0.4, -0.2) is 82.7 Å². The van der Waals surface area contributed by atoms with Crippen molar-refractivity contribution >= 4 is 35.5 Å². The van der Waals surface area contributed by atoms with Gasteiger partial charge in [-0.1, -0.05) is 20.3 Å². The monoisotopic (exact) mass is 491 g/mol. The molecule has 0 aromatic carbocycles. The Morgan fingerprint density at radius 1 is 0.939 bits per heavy atom. The Hall–Kier alpha value is -1.89. The summed E-state index contributed by atoms with van der Waals surface area (Å²) in [5, 5.41) is 26.9. The number of carboxylic acid groups (broad SMARTS) is 1. The van der Waals surface area contributed by atoms with Gasteiger partial charge < -0.3 is 37.6 Å². The van der Waals surface area contributed by atoms with Crippen LogP contribution in [0.5, 0.6) is 0 Å². The van der Waals surface area contributed by atoms with Crippen molar-refractivity contribution in [3.63, 3.8) is 0 Å². The Kier molecular flexibility index (Phi) is 15.7. The maximum Gasteiger partial charge on any atom is 0.326 e. The normalized spacial score (nSPS) is 16.6. The number of carbonyl (C=O) groups excluding carboxylic acids is 3. The van der Waals surface area contributed by atoms with Crippen LogP contribution in [0.4, 0.5) is 0 Å². The van der Waals surface area contributed by atoms with Crippen LogP contribution in [-0.2, 0) is 19.2 Å². The fourth-order valence-electron chi connectivity index (χ4n) is 2.96. The highest BCUT2D eigenvalue weighted by Crippen LogP contribution is 2.08. The van der Waals surface area contributed by atoms with Gasteiger partial charge in [-0.3, -0.25) is 14.4 Å². The van der Waals surface area contributed by atoms with E-state index in [-0.39, 0.29) is 18.8 Å². The van der Waals surface area contributed by atoms with Crippen LogP contribution in [0.15, 0.2) is 0 Å². The van der Waals surface area contributed by atoms with Gasteiger partial charge in [0.15, 0.2) is 0 Å². The van der Waals surface area contributed by atoms with Gasteiger partial charge in [-0.25, -0.2) is 4.79 Å². The molecular formula is C21H41N5O6S. The molecule has 0 saturated heterocycles. The molecule has 6 unspecified atom stereocenters. The quantitative estimate of drug-likeness (QED) is 0.127. The van der Waals surface area contributed by atoms with Gasteiger partial charge in [0.1, 0.15) is 18.1 Å². The maximum atomic E-state index is 12.9. The summed E-state index contributed by atoms with van der Waals surface area (Å²) in [7, 11) is 0. The molecule has 11 nitrogen and oxygen atoms in total. The largest absolute Gasteiger partial charge is 0.480 e. The van der Waals surface area contributed by atoms with Crippen LogP contribution in [0.25, 0.3) is 0 Å². The average Bonchev–Trinajstić information content (AvgIpc) is 2.77. The van der Waals surface area contributed by atoms with Gasteiger partial charge in [-0.15, -0.1) is 0 Å².